The molecule has 1 N–H and O–H groups in total. The monoisotopic (exact) mass is 188 g/mol. The van der Waals surface area contributed by atoms with Gasteiger partial charge in [-0.2, -0.15) is 5.26 Å². The van der Waals surface area contributed by atoms with Crippen molar-refractivity contribution < 1.29 is 9.90 Å². The number of hydrogen-bond acceptors (Lipinski definition) is 3. The molecule has 0 aromatic carbocycles. The van der Waals surface area contributed by atoms with Gasteiger partial charge in [0.2, 0.25) is 0 Å². The summed E-state index contributed by atoms with van der Waals surface area (Å²) in [5, 5.41) is 17.7. The molecule has 0 aliphatic heterocycles. The second-order valence-electron chi connectivity index (χ2n) is 3.46. The smallest absolute Gasteiger partial charge is 0.314 e. The van der Waals surface area contributed by atoms with Crippen LogP contribution in [0.5, 0.6) is 0 Å². The topological polar surface area (TPSA) is 74.0 Å². The molecule has 2 rings (SSSR count). The van der Waals surface area contributed by atoms with Crippen molar-refractivity contribution in [1.29, 1.82) is 5.26 Å². The van der Waals surface area contributed by atoms with Crippen LogP contribution in [0.15, 0.2) is 18.5 Å². The summed E-state index contributed by atoms with van der Waals surface area (Å²) in [6, 6.07) is 3.56. The Kier molecular flexibility index (Phi) is 1.74. The molecule has 0 saturated heterocycles. The first-order valence-corrected chi connectivity index (χ1v) is 4.28. The van der Waals surface area contributed by atoms with Gasteiger partial charge in [0.15, 0.2) is 0 Å². The third kappa shape index (κ3) is 1.14. The van der Waals surface area contributed by atoms with Gasteiger partial charge in [0.1, 0.15) is 6.07 Å². The van der Waals surface area contributed by atoms with Crippen LogP contribution < -0.4 is 0 Å². The average Bonchev–Trinajstić information content (AvgIpc) is 2.98. The Hall–Kier alpha value is -1.89. The fourth-order valence-corrected chi connectivity index (χ4v) is 1.51. The summed E-state index contributed by atoms with van der Waals surface area (Å²) in [7, 11) is 0. The van der Waals surface area contributed by atoms with E-state index in [4.69, 9.17) is 10.4 Å². The number of rotatable bonds is 2. The van der Waals surface area contributed by atoms with E-state index in [2.05, 4.69) is 4.98 Å². The molecule has 1 saturated carbocycles. The van der Waals surface area contributed by atoms with Crippen LogP contribution in [0.4, 0.5) is 0 Å². The van der Waals surface area contributed by atoms with Crippen LogP contribution in [-0.4, -0.2) is 16.1 Å². The maximum Gasteiger partial charge on any atom is 0.314 e. The van der Waals surface area contributed by atoms with Crippen molar-refractivity contribution in [2.75, 3.05) is 0 Å². The maximum atomic E-state index is 11.0. The number of aromatic nitrogens is 1. The average molecular weight is 188 g/mol. The maximum absolute atomic E-state index is 11.0. The van der Waals surface area contributed by atoms with Crippen LogP contribution in [0.2, 0.25) is 0 Å². The molecule has 0 radical (unpaired) electrons. The second kappa shape index (κ2) is 2.81. The summed E-state index contributed by atoms with van der Waals surface area (Å²) in [6.45, 7) is 0. The molecular weight excluding hydrogens is 180 g/mol. The van der Waals surface area contributed by atoms with Crippen LogP contribution in [0.1, 0.15) is 24.0 Å². The first kappa shape index (κ1) is 8.70. The zero-order valence-electron chi connectivity index (χ0n) is 7.40. The molecule has 1 aliphatic rings. The molecular formula is C10H8N2O2. The number of carboxylic acids is 1. The largest absolute Gasteiger partial charge is 0.481 e. The fourth-order valence-electron chi connectivity index (χ4n) is 1.51. The van der Waals surface area contributed by atoms with Crippen LogP contribution in [0, 0.1) is 11.3 Å². The molecule has 0 atom stereocenters. The molecule has 1 aromatic rings. The summed E-state index contributed by atoms with van der Waals surface area (Å²) in [5.41, 5.74) is 0.291. The lowest BCUT2D eigenvalue weighted by molar-refractivity contribution is -0.140. The molecule has 70 valence electrons. The van der Waals surface area contributed by atoms with Crippen molar-refractivity contribution in [2.45, 2.75) is 18.3 Å². The van der Waals surface area contributed by atoms with Gasteiger partial charge in [0.05, 0.1) is 11.0 Å². The lowest BCUT2D eigenvalue weighted by atomic mass is 9.97. The Balaban J connectivity index is 2.43. The van der Waals surface area contributed by atoms with Crippen molar-refractivity contribution in [3.05, 3.63) is 29.6 Å². The first-order chi connectivity index (χ1) is 6.69. The highest BCUT2D eigenvalue weighted by molar-refractivity contribution is 5.84. The van der Waals surface area contributed by atoms with Crippen LogP contribution in [0.25, 0.3) is 0 Å². The van der Waals surface area contributed by atoms with E-state index in [-0.39, 0.29) is 0 Å². The van der Waals surface area contributed by atoms with Crippen molar-refractivity contribution in [3.8, 4) is 6.07 Å². The van der Waals surface area contributed by atoms with Gasteiger partial charge in [0, 0.05) is 12.4 Å². The van der Waals surface area contributed by atoms with E-state index >= 15 is 0 Å². The van der Waals surface area contributed by atoms with E-state index in [1.807, 2.05) is 6.07 Å². The first-order valence-electron chi connectivity index (χ1n) is 4.28. The minimum atomic E-state index is -0.825. The molecule has 0 amide bonds. The Morgan fingerprint density at radius 1 is 1.57 bits per heavy atom. The van der Waals surface area contributed by atoms with Gasteiger partial charge in [0.25, 0.3) is 0 Å². The van der Waals surface area contributed by atoms with Gasteiger partial charge in [-0.25, -0.2) is 0 Å². The van der Waals surface area contributed by atoms with E-state index in [1.54, 1.807) is 6.07 Å². The molecule has 1 aliphatic carbocycles. The van der Waals surface area contributed by atoms with Crippen LogP contribution >= 0.6 is 0 Å². The van der Waals surface area contributed by atoms with Gasteiger partial charge in [-0.1, -0.05) is 0 Å². The summed E-state index contributed by atoms with van der Waals surface area (Å²) in [6.07, 6.45) is 4.24. The zero-order chi connectivity index (χ0) is 10.2. The lowest BCUT2D eigenvalue weighted by Gasteiger charge is -2.08. The number of carbonyl (C=O) groups is 1. The molecule has 1 fully saturated rings. The Morgan fingerprint density at radius 3 is 2.79 bits per heavy atom. The van der Waals surface area contributed by atoms with Gasteiger partial charge in [-0.15, -0.1) is 0 Å². The van der Waals surface area contributed by atoms with Crippen molar-refractivity contribution in [3.63, 3.8) is 0 Å². The van der Waals surface area contributed by atoms with E-state index in [9.17, 15) is 4.79 Å². The number of pyridine rings is 1. The van der Waals surface area contributed by atoms with Crippen LogP contribution in [0.3, 0.4) is 0 Å². The van der Waals surface area contributed by atoms with E-state index in [0.717, 1.165) is 0 Å². The lowest BCUT2D eigenvalue weighted by Crippen LogP contribution is -2.19. The highest BCUT2D eigenvalue weighted by Crippen LogP contribution is 2.48. The third-order valence-corrected chi connectivity index (χ3v) is 2.58. The van der Waals surface area contributed by atoms with Crippen molar-refractivity contribution in [1.82, 2.24) is 4.98 Å². The molecule has 1 aromatic heterocycles. The van der Waals surface area contributed by atoms with Crippen molar-refractivity contribution in [2.24, 2.45) is 0 Å². The highest BCUT2D eigenvalue weighted by atomic mass is 16.4. The van der Waals surface area contributed by atoms with Gasteiger partial charge >= 0.3 is 5.97 Å². The zero-order valence-corrected chi connectivity index (χ0v) is 7.40. The number of nitriles is 1. The van der Waals surface area contributed by atoms with Gasteiger partial charge in [-0.05, 0) is 24.5 Å². The number of hydrogen-bond donors (Lipinski definition) is 1. The van der Waals surface area contributed by atoms with E-state index < -0.39 is 11.4 Å². The van der Waals surface area contributed by atoms with E-state index in [1.165, 1.54) is 12.4 Å². The minimum Gasteiger partial charge on any atom is -0.481 e. The predicted molar refractivity (Wildman–Crippen MR) is 47.5 cm³/mol. The minimum absolute atomic E-state index is 0.412. The van der Waals surface area contributed by atoms with Crippen molar-refractivity contribution >= 4 is 5.97 Å². The Morgan fingerprint density at radius 2 is 2.29 bits per heavy atom. The number of aliphatic carboxylic acids is 1. The standard InChI is InChI=1S/C10H8N2O2/c11-4-7-3-8(6-12-5-7)10(1-2-10)9(13)14/h3,5-6H,1-2H2,(H,13,14). The molecule has 0 bridgehead atoms. The molecule has 14 heavy (non-hydrogen) atoms. The molecule has 1 heterocycles. The van der Waals surface area contributed by atoms with Gasteiger partial charge in [-0.3, -0.25) is 9.78 Å². The SMILES string of the molecule is N#Cc1cncc(C2(C(=O)O)CC2)c1. The summed E-state index contributed by atoms with van der Waals surface area (Å²) < 4.78 is 0. The van der Waals surface area contributed by atoms with Crippen LogP contribution in [-0.2, 0) is 10.2 Å². The molecule has 4 nitrogen and oxygen atoms in total. The number of nitrogens with zero attached hydrogens (tertiary/aromatic N) is 2. The summed E-state index contributed by atoms with van der Waals surface area (Å²) in [5.74, 6) is -0.825. The Bertz CT molecular complexity index is 430. The molecule has 0 spiro atoms. The molecule has 0 unspecified atom stereocenters. The summed E-state index contributed by atoms with van der Waals surface area (Å²) in [4.78, 5) is 14.8. The van der Waals surface area contributed by atoms with Gasteiger partial charge < -0.3 is 5.11 Å². The normalized spacial score (nSPS) is 17.1. The second-order valence-corrected chi connectivity index (χ2v) is 3.46. The highest BCUT2D eigenvalue weighted by Gasteiger charge is 2.52. The molecule has 4 heteroatoms. The van der Waals surface area contributed by atoms with E-state index in [0.29, 0.717) is 24.0 Å². The summed E-state index contributed by atoms with van der Waals surface area (Å²) >= 11 is 0. The number of carboxylic acid groups (broad SMARTS) is 1. The quantitative estimate of drug-likeness (QED) is 0.753. The fraction of sp³-hybridized carbons (Fsp3) is 0.300. The Labute approximate surface area is 80.8 Å². The third-order valence-electron chi connectivity index (χ3n) is 2.58. The predicted octanol–water partition coefficient (Wildman–Crippen LogP) is 1.07.